The monoisotopic (exact) mass is 634 g/mol. The summed E-state index contributed by atoms with van der Waals surface area (Å²) in [5.41, 5.74) is 4.52. The quantitative estimate of drug-likeness (QED) is 0.136. The number of oxazole rings is 1. The number of carboxylic acid groups (broad SMARTS) is 1. The second-order valence-corrected chi connectivity index (χ2v) is 10.6. The molecule has 0 saturated heterocycles. The summed E-state index contributed by atoms with van der Waals surface area (Å²) in [4.78, 5) is 45.0. The van der Waals surface area contributed by atoms with Crippen molar-refractivity contribution in [3.8, 4) is 23.0 Å². The number of carbonyl (C=O) groups excluding carboxylic acids is 2. The fourth-order valence-electron chi connectivity index (χ4n) is 4.80. The van der Waals surface area contributed by atoms with Gasteiger partial charge >= 0.3 is 5.97 Å². The van der Waals surface area contributed by atoms with E-state index in [0.29, 0.717) is 59.5 Å². The average molecular weight is 635 g/mol. The van der Waals surface area contributed by atoms with Crippen LogP contribution in [0.5, 0.6) is 11.5 Å². The van der Waals surface area contributed by atoms with Crippen LogP contribution >= 0.6 is 0 Å². The molecular formula is C36H34N4O7. The predicted molar refractivity (Wildman–Crippen MR) is 175 cm³/mol. The number of carboxylic acids is 1. The molecule has 2 amide bonds. The van der Waals surface area contributed by atoms with E-state index in [2.05, 4.69) is 20.6 Å². The molecule has 5 aromatic rings. The molecule has 47 heavy (non-hydrogen) atoms. The summed E-state index contributed by atoms with van der Waals surface area (Å²) in [7, 11) is 1.57. The smallest absolute Gasteiger partial charge is 0.303 e. The molecule has 2 heterocycles. The Morgan fingerprint density at radius 2 is 1.64 bits per heavy atom. The van der Waals surface area contributed by atoms with E-state index >= 15 is 0 Å². The number of nitrogens with zero attached hydrogens (tertiary/aromatic N) is 2. The summed E-state index contributed by atoms with van der Waals surface area (Å²) in [6.45, 7) is 2.35. The third-order valence-electron chi connectivity index (χ3n) is 7.37. The van der Waals surface area contributed by atoms with E-state index in [9.17, 15) is 19.5 Å². The molecule has 2 aromatic heterocycles. The van der Waals surface area contributed by atoms with Gasteiger partial charge in [-0.2, -0.15) is 0 Å². The number of nitrogens with one attached hydrogen (secondary N) is 2. The van der Waals surface area contributed by atoms with Crippen molar-refractivity contribution in [3.63, 3.8) is 0 Å². The molecule has 0 radical (unpaired) electrons. The summed E-state index contributed by atoms with van der Waals surface area (Å²) in [6.07, 6.45) is 2.32. The minimum absolute atomic E-state index is 0.0315. The van der Waals surface area contributed by atoms with E-state index in [1.165, 1.54) is 0 Å². The van der Waals surface area contributed by atoms with Gasteiger partial charge in [-0.25, -0.2) is 4.98 Å². The van der Waals surface area contributed by atoms with Crippen LogP contribution in [0.4, 0.5) is 5.69 Å². The number of methoxy groups -OCH3 is 1. The van der Waals surface area contributed by atoms with Crippen molar-refractivity contribution >= 4 is 23.5 Å². The van der Waals surface area contributed by atoms with Gasteiger partial charge in [0.2, 0.25) is 5.89 Å². The van der Waals surface area contributed by atoms with Crippen molar-refractivity contribution in [2.75, 3.05) is 19.0 Å². The van der Waals surface area contributed by atoms with Crippen molar-refractivity contribution in [3.05, 3.63) is 125 Å². The molecule has 0 aliphatic carbocycles. The molecule has 5 rings (SSSR count). The van der Waals surface area contributed by atoms with Gasteiger partial charge in [0, 0.05) is 42.4 Å². The number of hydrogen-bond acceptors (Lipinski definition) is 8. The lowest BCUT2D eigenvalue weighted by molar-refractivity contribution is -0.136. The van der Waals surface area contributed by atoms with Gasteiger partial charge in [-0.05, 0) is 97.3 Å². The molecule has 11 nitrogen and oxygen atoms in total. The van der Waals surface area contributed by atoms with Crippen LogP contribution in [0, 0.1) is 6.92 Å². The van der Waals surface area contributed by atoms with E-state index in [1.807, 2.05) is 31.2 Å². The standard InChI is InChI=1S/C36H34N4O7/c1-23-31(40-36(47-23)26-6-12-28(13-7-26)39-34(43)25-9-14-29(45-2)15-10-25)18-20-46-30-16-8-24(11-17-33(41)42)27(21-30)22-38-35(44)32-5-3-4-19-37-32/h3-10,12-16,19,21H,11,17-18,20,22H2,1-2H3,(H,38,44)(H,39,43)(H,41,42). The fraction of sp³-hybridized carbons (Fsp3) is 0.194. The normalized spacial score (nSPS) is 10.7. The molecular weight excluding hydrogens is 600 g/mol. The predicted octanol–water partition coefficient (Wildman–Crippen LogP) is 5.87. The van der Waals surface area contributed by atoms with Gasteiger partial charge in [0.25, 0.3) is 11.8 Å². The topological polar surface area (TPSA) is 153 Å². The van der Waals surface area contributed by atoms with Gasteiger partial charge in [-0.3, -0.25) is 19.4 Å². The Kier molecular flexibility index (Phi) is 10.6. The molecule has 0 unspecified atom stereocenters. The van der Waals surface area contributed by atoms with Crippen LogP contribution in [-0.2, 0) is 24.2 Å². The lowest BCUT2D eigenvalue weighted by Crippen LogP contribution is -2.24. The van der Waals surface area contributed by atoms with E-state index in [-0.39, 0.29) is 24.8 Å². The maximum Gasteiger partial charge on any atom is 0.303 e. The minimum Gasteiger partial charge on any atom is -0.497 e. The maximum atomic E-state index is 12.6. The molecule has 11 heteroatoms. The summed E-state index contributed by atoms with van der Waals surface area (Å²) in [6, 6.07) is 24.6. The first-order chi connectivity index (χ1) is 22.8. The SMILES string of the molecule is COc1ccc(C(=O)Nc2ccc(-c3nc(CCOc4ccc(CCC(=O)O)c(CNC(=O)c5ccccn5)c4)c(C)o3)cc2)cc1. The first kappa shape index (κ1) is 32.4. The number of anilines is 1. The van der Waals surface area contributed by atoms with E-state index in [4.69, 9.17) is 13.9 Å². The molecule has 0 atom stereocenters. The summed E-state index contributed by atoms with van der Waals surface area (Å²) in [5.74, 6) is 0.928. The van der Waals surface area contributed by atoms with Gasteiger partial charge in [0.1, 0.15) is 23.0 Å². The summed E-state index contributed by atoms with van der Waals surface area (Å²) in [5, 5.41) is 14.9. The highest BCUT2D eigenvalue weighted by molar-refractivity contribution is 6.04. The van der Waals surface area contributed by atoms with E-state index in [1.54, 1.807) is 74.0 Å². The van der Waals surface area contributed by atoms with Crippen LogP contribution in [0.3, 0.4) is 0 Å². The number of pyridine rings is 1. The molecule has 0 spiro atoms. The highest BCUT2D eigenvalue weighted by Crippen LogP contribution is 2.25. The minimum atomic E-state index is -0.899. The first-order valence-electron chi connectivity index (χ1n) is 15.0. The van der Waals surface area contributed by atoms with Gasteiger partial charge in [-0.15, -0.1) is 0 Å². The number of aromatic nitrogens is 2. The Bertz CT molecular complexity index is 1840. The van der Waals surface area contributed by atoms with Crippen LogP contribution in [0.1, 0.15) is 49.8 Å². The molecule has 0 aliphatic rings. The Morgan fingerprint density at radius 3 is 2.34 bits per heavy atom. The Morgan fingerprint density at radius 1 is 0.872 bits per heavy atom. The summed E-state index contributed by atoms with van der Waals surface area (Å²) < 4.78 is 17.1. The van der Waals surface area contributed by atoms with Crippen molar-refractivity contribution in [2.45, 2.75) is 32.7 Å². The van der Waals surface area contributed by atoms with Crippen LogP contribution in [0.2, 0.25) is 0 Å². The number of ether oxygens (including phenoxy) is 2. The van der Waals surface area contributed by atoms with Gasteiger partial charge in [0.15, 0.2) is 0 Å². The number of carbonyl (C=O) groups is 3. The zero-order chi connectivity index (χ0) is 33.2. The number of aliphatic carboxylic acids is 1. The molecule has 0 fully saturated rings. The first-order valence-corrected chi connectivity index (χ1v) is 15.0. The van der Waals surface area contributed by atoms with E-state index < -0.39 is 5.97 Å². The van der Waals surface area contributed by atoms with Crippen LogP contribution < -0.4 is 20.1 Å². The van der Waals surface area contributed by atoms with Gasteiger partial charge < -0.3 is 29.6 Å². The highest BCUT2D eigenvalue weighted by atomic mass is 16.5. The van der Waals surface area contributed by atoms with Crippen molar-refractivity contribution in [2.24, 2.45) is 0 Å². The molecule has 0 bridgehead atoms. The average Bonchev–Trinajstić information content (AvgIpc) is 3.47. The maximum absolute atomic E-state index is 12.6. The number of amides is 2. The third-order valence-corrected chi connectivity index (χ3v) is 7.37. The third kappa shape index (κ3) is 8.82. The Balaban J connectivity index is 1.18. The number of aryl methyl sites for hydroxylation is 2. The summed E-state index contributed by atoms with van der Waals surface area (Å²) >= 11 is 0. The second-order valence-electron chi connectivity index (χ2n) is 10.6. The molecule has 240 valence electrons. The zero-order valence-electron chi connectivity index (χ0n) is 26.0. The van der Waals surface area contributed by atoms with Gasteiger partial charge in [0.05, 0.1) is 19.4 Å². The van der Waals surface area contributed by atoms with E-state index in [0.717, 1.165) is 22.4 Å². The van der Waals surface area contributed by atoms with Crippen molar-refractivity contribution in [1.82, 2.24) is 15.3 Å². The number of rotatable bonds is 14. The Labute approximate surface area is 271 Å². The van der Waals surface area contributed by atoms with Crippen LogP contribution in [0.15, 0.2) is 95.5 Å². The molecule has 0 aliphatic heterocycles. The van der Waals surface area contributed by atoms with Gasteiger partial charge in [-0.1, -0.05) is 12.1 Å². The lowest BCUT2D eigenvalue weighted by atomic mass is 10.0. The van der Waals surface area contributed by atoms with Crippen molar-refractivity contribution in [1.29, 1.82) is 0 Å². The number of benzene rings is 3. The Hall–Kier alpha value is -5.97. The fourth-order valence-corrected chi connectivity index (χ4v) is 4.80. The second kappa shape index (κ2) is 15.3. The largest absolute Gasteiger partial charge is 0.497 e. The highest BCUT2D eigenvalue weighted by Gasteiger charge is 2.14. The zero-order valence-corrected chi connectivity index (χ0v) is 26.0. The van der Waals surface area contributed by atoms with Crippen LogP contribution in [0.25, 0.3) is 11.5 Å². The van der Waals surface area contributed by atoms with Crippen molar-refractivity contribution < 1.29 is 33.4 Å². The lowest BCUT2D eigenvalue weighted by Gasteiger charge is -2.13. The molecule has 0 saturated carbocycles. The molecule has 3 N–H and O–H groups in total. The molecule has 3 aromatic carbocycles. The van der Waals surface area contributed by atoms with Crippen LogP contribution in [-0.4, -0.2) is 46.6 Å². The number of hydrogen-bond donors (Lipinski definition) is 3.